The van der Waals surface area contributed by atoms with Gasteiger partial charge in [0.1, 0.15) is 16.6 Å². The number of benzene rings is 3. The maximum Gasteiger partial charge on any atom is 0.181 e. The number of hydrogen-bond donors (Lipinski definition) is 0. The summed E-state index contributed by atoms with van der Waals surface area (Å²) >= 11 is 0. The van der Waals surface area contributed by atoms with E-state index in [1.807, 2.05) is 72.8 Å². The van der Waals surface area contributed by atoms with Gasteiger partial charge >= 0.3 is 0 Å². The van der Waals surface area contributed by atoms with Crippen molar-refractivity contribution in [1.82, 2.24) is 15.0 Å². The van der Waals surface area contributed by atoms with E-state index < -0.39 is 0 Å². The summed E-state index contributed by atoms with van der Waals surface area (Å²) < 4.78 is 15.0. The Morgan fingerprint density at radius 3 is 1.00 bits per heavy atom. The smallest absolute Gasteiger partial charge is 0.181 e. The number of fused-ring (bicyclic) bond motifs is 3. The maximum absolute atomic E-state index is 5.01. The molecule has 27 heavy (non-hydrogen) atoms. The fraction of sp³-hybridized carbons (Fsp3) is 0. The van der Waals surface area contributed by atoms with Gasteiger partial charge in [-0.3, -0.25) is 0 Å². The lowest BCUT2D eigenvalue weighted by Gasteiger charge is -1.79. The van der Waals surface area contributed by atoms with Crippen molar-refractivity contribution >= 4 is 33.3 Å². The summed E-state index contributed by atoms with van der Waals surface area (Å²) in [6, 6.07) is 23.0. The van der Waals surface area contributed by atoms with Crippen LogP contribution in [0.4, 0.5) is 0 Å². The Kier molecular flexibility index (Phi) is 4.88. The van der Waals surface area contributed by atoms with Crippen LogP contribution in [0.25, 0.3) is 33.3 Å². The summed E-state index contributed by atoms with van der Waals surface area (Å²) in [5.74, 6) is 0. The molecular formula is C21H15N3O3. The summed E-state index contributed by atoms with van der Waals surface area (Å²) in [6.45, 7) is 0. The van der Waals surface area contributed by atoms with Gasteiger partial charge in [-0.2, -0.15) is 0 Å². The third kappa shape index (κ3) is 4.01. The molecule has 0 bridgehead atoms. The quantitative estimate of drug-likeness (QED) is 0.358. The van der Waals surface area contributed by atoms with E-state index in [-0.39, 0.29) is 0 Å². The number of para-hydroxylation sites is 6. The summed E-state index contributed by atoms with van der Waals surface area (Å²) in [6.07, 6.45) is 4.35. The molecule has 0 aliphatic heterocycles. The van der Waals surface area contributed by atoms with E-state index in [1.165, 1.54) is 19.2 Å². The Morgan fingerprint density at radius 2 is 0.704 bits per heavy atom. The predicted molar refractivity (Wildman–Crippen MR) is 102 cm³/mol. The molecule has 0 atom stereocenters. The Bertz CT molecular complexity index is 1010. The van der Waals surface area contributed by atoms with Gasteiger partial charge in [0, 0.05) is 0 Å². The van der Waals surface area contributed by atoms with Crippen LogP contribution >= 0.6 is 0 Å². The van der Waals surface area contributed by atoms with Gasteiger partial charge in [-0.25, -0.2) is 15.0 Å². The average molecular weight is 357 g/mol. The first kappa shape index (κ1) is 16.5. The van der Waals surface area contributed by atoms with E-state index in [9.17, 15) is 0 Å². The highest BCUT2D eigenvalue weighted by molar-refractivity contribution is 5.72. The number of nitrogens with zero attached hydrogens (tertiary/aromatic N) is 3. The molecule has 3 aromatic carbocycles. The molecule has 132 valence electrons. The molecule has 0 amide bonds. The first-order valence-electron chi connectivity index (χ1n) is 8.25. The van der Waals surface area contributed by atoms with Crippen molar-refractivity contribution in [3.63, 3.8) is 0 Å². The third-order valence-electron chi connectivity index (χ3n) is 3.71. The molecule has 0 spiro atoms. The van der Waals surface area contributed by atoms with E-state index in [0.29, 0.717) is 0 Å². The van der Waals surface area contributed by atoms with Crippen LogP contribution in [0.5, 0.6) is 0 Å². The third-order valence-corrected chi connectivity index (χ3v) is 3.71. The lowest BCUT2D eigenvalue weighted by atomic mass is 10.3. The van der Waals surface area contributed by atoms with Crippen molar-refractivity contribution < 1.29 is 13.3 Å². The Hall–Kier alpha value is -3.93. The molecule has 0 aliphatic rings. The molecule has 6 aromatic rings. The van der Waals surface area contributed by atoms with Crippen LogP contribution < -0.4 is 0 Å². The van der Waals surface area contributed by atoms with Crippen molar-refractivity contribution in [2.75, 3.05) is 0 Å². The highest BCUT2D eigenvalue weighted by atomic mass is 16.3. The Morgan fingerprint density at radius 1 is 0.407 bits per heavy atom. The molecule has 3 heterocycles. The fourth-order valence-electron chi connectivity index (χ4n) is 2.41. The van der Waals surface area contributed by atoms with Gasteiger partial charge in [-0.1, -0.05) is 36.4 Å². The Balaban J connectivity index is 0.0000001000. The first-order chi connectivity index (χ1) is 13.4. The van der Waals surface area contributed by atoms with Crippen molar-refractivity contribution in [2.45, 2.75) is 0 Å². The van der Waals surface area contributed by atoms with Crippen LogP contribution in [-0.4, -0.2) is 15.0 Å². The van der Waals surface area contributed by atoms with Crippen LogP contribution in [-0.2, 0) is 0 Å². The van der Waals surface area contributed by atoms with Crippen molar-refractivity contribution in [3.05, 3.63) is 92.0 Å². The maximum atomic E-state index is 5.01. The zero-order chi connectivity index (χ0) is 18.3. The van der Waals surface area contributed by atoms with Crippen LogP contribution in [0.3, 0.4) is 0 Å². The van der Waals surface area contributed by atoms with Gasteiger partial charge in [0.2, 0.25) is 0 Å². The lowest BCUT2D eigenvalue weighted by molar-refractivity contribution is 0.602. The van der Waals surface area contributed by atoms with E-state index in [2.05, 4.69) is 15.0 Å². The first-order valence-corrected chi connectivity index (χ1v) is 8.25. The molecule has 0 N–H and O–H groups in total. The minimum absolute atomic E-state index is 0.845. The van der Waals surface area contributed by atoms with Gasteiger partial charge in [0.25, 0.3) is 0 Å². The van der Waals surface area contributed by atoms with Crippen molar-refractivity contribution in [2.24, 2.45) is 0 Å². The molecule has 3 aromatic heterocycles. The molecule has 6 heteroatoms. The molecule has 0 saturated carbocycles. The minimum Gasteiger partial charge on any atom is -0.443 e. The molecule has 0 saturated heterocycles. The van der Waals surface area contributed by atoms with Gasteiger partial charge in [0.15, 0.2) is 35.9 Å². The van der Waals surface area contributed by atoms with Crippen LogP contribution in [0, 0.1) is 0 Å². The second-order valence-electron chi connectivity index (χ2n) is 5.46. The predicted octanol–water partition coefficient (Wildman–Crippen LogP) is 5.48. The van der Waals surface area contributed by atoms with Gasteiger partial charge in [-0.15, -0.1) is 0 Å². The second kappa shape index (κ2) is 7.97. The van der Waals surface area contributed by atoms with Gasteiger partial charge in [0.05, 0.1) is 0 Å². The largest absolute Gasteiger partial charge is 0.443 e. The van der Waals surface area contributed by atoms with E-state index in [0.717, 1.165) is 33.3 Å². The van der Waals surface area contributed by atoms with E-state index >= 15 is 0 Å². The lowest BCUT2D eigenvalue weighted by Crippen LogP contribution is -1.61. The summed E-state index contributed by atoms with van der Waals surface area (Å²) in [5, 5.41) is 0. The zero-order valence-electron chi connectivity index (χ0n) is 14.2. The molecule has 6 rings (SSSR count). The average Bonchev–Trinajstić information content (AvgIpc) is 3.48. The summed E-state index contributed by atoms with van der Waals surface area (Å²) in [5.41, 5.74) is 5.28. The second-order valence-corrected chi connectivity index (χ2v) is 5.46. The van der Waals surface area contributed by atoms with Crippen molar-refractivity contribution in [1.29, 1.82) is 0 Å². The van der Waals surface area contributed by atoms with Crippen LogP contribution in [0.1, 0.15) is 0 Å². The standard InChI is InChI=1S/3C7H5NO/c3*1-2-4-7-6(3-1)8-5-9-7/h3*1-5H. The van der Waals surface area contributed by atoms with Crippen LogP contribution in [0.2, 0.25) is 0 Å². The molecule has 0 aliphatic carbocycles. The molecule has 0 unspecified atom stereocenters. The molecule has 6 nitrogen and oxygen atoms in total. The summed E-state index contributed by atoms with van der Waals surface area (Å²) in [7, 11) is 0. The minimum atomic E-state index is 0.845. The fourth-order valence-corrected chi connectivity index (χ4v) is 2.41. The monoisotopic (exact) mass is 357 g/mol. The zero-order valence-corrected chi connectivity index (χ0v) is 14.2. The highest BCUT2D eigenvalue weighted by Gasteiger charge is 1.92. The SMILES string of the molecule is c1ccc2ocnc2c1.c1ccc2ocnc2c1.c1ccc2ocnc2c1. The normalized spacial score (nSPS) is 10.2. The molecule has 0 radical (unpaired) electrons. The van der Waals surface area contributed by atoms with Crippen molar-refractivity contribution in [3.8, 4) is 0 Å². The number of rotatable bonds is 0. The Labute approximate surface area is 154 Å². The van der Waals surface area contributed by atoms with Gasteiger partial charge in [-0.05, 0) is 36.4 Å². The van der Waals surface area contributed by atoms with E-state index in [1.54, 1.807) is 0 Å². The number of oxazole rings is 3. The summed E-state index contributed by atoms with van der Waals surface area (Å²) in [4.78, 5) is 11.9. The highest BCUT2D eigenvalue weighted by Crippen LogP contribution is 2.10. The van der Waals surface area contributed by atoms with E-state index in [4.69, 9.17) is 13.3 Å². The number of aromatic nitrogens is 3. The number of hydrogen-bond acceptors (Lipinski definition) is 6. The topological polar surface area (TPSA) is 78.1 Å². The molecular weight excluding hydrogens is 342 g/mol. The van der Waals surface area contributed by atoms with Gasteiger partial charge < -0.3 is 13.3 Å². The van der Waals surface area contributed by atoms with Crippen LogP contribution in [0.15, 0.2) is 105 Å². The molecule has 0 fully saturated rings.